The molecule has 0 spiro atoms. The van der Waals surface area contributed by atoms with Crippen molar-refractivity contribution < 1.29 is 9.59 Å². The van der Waals surface area contributed by atoms with Crippen LogP contribution in [0.5, 0.6) is 0 Å². The number of primary amides is 1. The van der Waals surface area contributed by atoms with Gasteiger partial charge in [0.25, 0.3) is 5.91 Å². The van der Waals surface area contributed by atoms with Gasteiger partial charge in [-0.1, -0.05) is 24.5 Å². The van der Waals surface area contributed by atoms with Crippen LogP contribution in [0.15, 0.2) is 23.1 Å². The van der Waals surface area contributed by atoms with Crippen LogP contribution in [-0.4, -0.2) is 35.1 Å². The van der Waals surface area contributed by atoms with E-state index < -0.39 is 0 Å². The third kappa shape index (κ3) is 3.71. The maximum atomic E-state index is 12.9. The number of carbonyl (C=O) groups excluding carboxylic acids is 2. The maximum absolute atomic E-state index is 12.9. The molecule has 1 aliphatic heterocycles. The van der Waals surface area contributed by atoms with E-state index in [4.69, 9.17) is 5.73 Å². The van der Waals surface area contributed by atoms with Crippen molar-refractivity contribution in [2.75, 3.05) is 13.1 Å². The Balaban J connectivity index is 1.78. The SMILES string of the molecule is Cc1ccc(SC2CCCC2)c(C(=O)N2CC[C@H](C(N)=O)C2)c1. The number of nitrogens with zero attached hydrogens (tertiary/aromatic N) is 1. The second-order valence-corrected chi connectivity index (χ2v) is 8.01. The quantitative estimate of drug-likeness (QED) is 0.922. The van der Waals surface area contributed by atoms with Crippen LogP contribution >= 0.6 is 11.8 Å². The molecule has 0 aromatic heterocycles. The third-order valence-electron chi connectivity index (χ3n) is 4.84. The van der Waals surface area contributed by atoms with Crippen LogP contribution in [0.1, 0.15) is 48.0 Å². The number of thioether (sulfide) groups is 1. The molecule has 1 saturated heterocycles. The van der Waals surface area contributed by atoms with Crippen LogP contribution in [-0.2, 0) is 4.79 Å². The number of amides is 2. The fourth-order valence-corrected chi connectivity index (χ4v) is 4.79. The molecule has 0 bridgehead atoms. The highest BCUT2D eigenvalue weighted by molar-refractivity contribution is 8.00. The molecule has 2 fully saturated rings. The predicted molar refractivity (Wildman–Crippen MR) is 92.5 cm³/mol. The van der Waals surface area contributed by atoms with Crippen LogP contribution in [0, 0.1) is 12.8 Å². The van der Waals surface area contributed by atoms with E-state index in [9.17, 15) is 9.59 Å². The van der Waals surface area contributed by atoms with E-state index in [1.54, 1.807) is 4.90 Å². The number of carbonyl (C=O) groups is 2. The molecule has 2 aliphatic rings. The lowest BCUT2D eigenvalue weighted by Gasteiger charge is -2.19. The summed E-state index contributed by atoms with van der Waals surface area (Å²) in [4.78, 5) is 27.1. The van der Waals surface area contributed by atoms with E-state index >= 15 is 0 Å². The zero-order chi connectivity index (χ0) is 16.4. The van der Waals surface area contributed by atoms with Gasteiger partial charge in [0.05, 0.1) is 11.5 Å². The lowest BCUT2D eigenvalue weighted by Crippen LogP contribution is -2.32. The average Bonchev–Trinajstić information content (AvgIpc) is 3.19. The number of aryl methyl sites for hydroxylation is 1. The zero-order valence-corrected chi connectivity index (χ0v) is 14.4. The number of hydrogen-bond acceptors (Lipinski definition) is 3. The fourth-order valence-electron chi connectivity index (χ4n) is 3.45. The van der Waals surface area contributed by atoms with Gasteiger partial charge in [0, 0.05) is 23.2 Å². The molecule has 0 unspecified atom stereocenters. The molecule has 1 aliphatic carbocycles. The van der Waals surface area contributed by atoms with Gasteiger partial charge in [-0.15, -0.1) is 11.8 Å². The summed E-state index contributed by atoms with van der Waals surface area (Å²) >= 11 is 1.84. The van der Waals surface area contributed by atoms with Gasteiger partial charge in [0.2, 0.25) is 5.91 Å². The number of rotatable bonds is 4. The average molecular weight is 332 g/mol. The number of benzene rings is 1. The molecule has 2 N–H and O–H groups in total. The minimum atomic E-state index is -0.301. The first-order valence-corrected chi connectivity index (χ1v) is 9.28. The van der Waals surface area contributed by atoms with Gasteiger partial charge >= 0.3 is 0 Å². The summed E-state index contributed by atoms with van der Waals surface area (Å²) < 4.78 is 0. The van der Waals surface area contributed by atoms with Crippen molar-refractivity contribution in [3.63, 3.8) is 0 Å². The minimum Gasteiger partial charge on any atom is -0.369 e. The highest BCUT2D eigenvalue weighted by atomic mass is 32.2. The largest absolute Gasteiger partial charge is 0.369 e. The molecule has 0 radical (unpaired) electrons. The van der Waals surface area contributed by atoms with E-state index in [2.05, 4.69) is 12.1 Å². The van der Waals surface area contributed by atoms with Gasteiger partial charge in [0.15, 0.2) is 0 Å². The zero-order valence-electron chi connectivity index (χ0n) is 13.6. The van der Waals surface area contributed by atoms with E-state index in [-0.39, 0.29) is 17.7 Å². The third-order valence-corrected chi connectivity index (χ3v) is 6.25. The predicted octanol–water partition coefficient (Wildman–Crippen LogP) is 2.98. The summed E-state index contributed by atoms with van der Waals surface area (Å²) in [5, 5.41) is 0.626. The molecule has 4 nitrogen and oxygen atoms in total. The van der Waals surface area contributed by atoms with Crippen LogP contribution in [0.25, 0.3) is 0 Å². The Bertz CT molecular complexity index is 611. The Morgan fingerprint density at radius 2 is 1.96 bits per heavy atom. The second kappa shape index (κ2) is 6.95. The van der Waals surface area contributed by atoms with Crippen LogP contribution < -0.4 is 5.73 Å². The topological polar surface area (TPSA) is 63.4 Å². The van der Waals surface area contributed by atoms with Crippen LogP contribution in [0.3, 0.4) is 0 Å². The van der Waals surface area contributed by atoms with E-state index in [0.29, 0.717) is 24.8 Å². The summed E-state index contributed by atoms with van der Waals surface area (Å²) in [7, 11) is 0. The Labute approximate surface area is 141 Å². The number of likely N-dealkylation sites (tertiary alicyclic amines) is 1. The van der Waals surface area contributed by atoms with E-state index in [1.165, 1.54) is 25.7 Å². The summed E-state index contributed by atoms with van der Waals surface area (Å²) in [5.74, 6) is -0.460. The summed E-state index contributed by atoms with van der Waals surface area (Å²) in [6, 6.07) is 6.13. The monoisotopic (exact) mass is 332 g/mol. The smallest absolute Gasteiger partial charge is 0.255 e. The summed E-state index contributed by atoms with van der Waals surface area (Å²) in [6.45, 7) is 3.08. The molecule has 5 heteroatoms. The molecule has 1 saturated carbocycles. The van der Waals surface area contributed by atoms with Gasteiger partial charge < -0.3 is 10.6 Å². The van der Waals surface area contributed by atoms with Gasteiger partial charge in [-0.05, 0) is 38.3 Å². The molecule has 1 heterocycles. The number of hydrogen-bond donors (Lipinski definition) is 1. The lowest BCUT2D eigenvalue weighted by atomic mass is 10.1. The van der Waals surface area contributed by atoms with Crippen molar-refractivity contribution in [1.29, 1.82) is 0 Å². The molecule has 1 aromatic carbocycles. The van der Waals surface area contributed by atoms with Crippen molar-refractivity contribution in [2.45, 2.75) is 49.2 Å². The second-order valence-electron chi connectivity index (χ2n) is 6.66. The molecule has 2 amide bonds. The van der Waals surface area contributed by atoms with Crippen molar-refractivity contribution in [1.82, 2.24) is 4.90 Å². The number of nitrogens with two attached hydrogens (primary N) is 1. The van der Waals surface area contributed by atoms with E-state index in [1.807, 2.05) is 24.8 Å². The van der Waals surface area contributed by atoms with E-state index in [0.717, 1.165) is 16.0 Å². The first-order chi connectivity index (χ1) is 11.0. The van der Waals surface area contributed by atoms with Gasteiger partial charge in [0.1, 0.15) is 0 Å². The Morgan fingerprint density at radius 1 is 1.22 bits per heavy atom. The Hall–Kier alpha value is -1.49. The highest BCUT2D eigenvalue weighted by Crippen LogP contribution is 2.37. The molecule has 124 valence electrons. The lowest BCUT2D eigenvalue weighted by molar-refractivity contribution is -0.121. The Kier molecular flexibility index (Phi) is 4.95. The standard InChI is InChI=1S/C18H24N2O2S/c1-12-6-7-16(23-14-4-2-3-5-14)15(10-12)18(22)20-9-8-13(11-20)17(19)21/h6-7,10,13-14H,2-5,8-9,11H2,1H3,(H2,19,21)/t13-/m0/s1. The fraction of sp³-hybridized carbons (Fsp3) is 0.556. The summed E-state index contributed by atoms with van der Waals surface area (Å²) in [6.07, 6.45) is 5.73. The molecular weight excluding hydrogens is 308 g/mol. The first-order valence-electron chi connectivity index (χ1n) is 8.40. The highest BCUT2D eigenvalue weighted by Gasteiger charge is 2.31. The molecule has 23 heavy (non-hydrogen) atoms. The van der Waals surface area contributed by atoms with Crippen molar-refractivity contribution in [3.8, 4) is 0 Å². The maximum Gasteiger partial charge on any atom is 0.255 e. The van der Waals surface area contributed by atoms with Crippen LogP contribution in [0.4, 0.5) is 0 Å². The Morgan fingerprint density at radius 3 is 2.61 bits per heavy atom. The van der Waals surface area contributed by atoms with Crippen molar-refractivity contribution in [3.05, 3.63) is 29.3 Å². The van der Waals surface area contributed by atoms with Crippen LogP contribution in [0.2, 0.25) is 0 Å². The van der Waals surface area contributed by atoms with Crippen molar-refractivity contribution in [2.24, 2.45) is 11.7 Å². The minimum absolute atomic E-state index is 0.0398. The summed E-state index contributed by atoms with van der Waals surface area (Å²) in [5.41, 5.74) is 7.26. The first kappa shape index (κ1) is 16.4. The molecule has 1 atom stereocenters. The van der Waals surface area contributed by atoms with Gasteiger partial charge in [-0.2, -0.15) is 0 Å². The van der Waals surface area contributed by atoms with Gasteiger partial charge in [-0.3, -0.25) is 9.59 Å². The molecule has 3 rings (SSSR count). The molecular formula is C18H24N2O2S. The molecule has 1 aromatic rings. The van der Waals surface area contributed by atoms with Gasteiger partial charge in [-0.25, -0.2) is 0 Å². The van der Waals surface area contributed by atoms with Crippen molar-refractivity contribution >= 4 is 23.6 Å². The normalized spacial score (nSPS) is 21.8.